The van der Waals surface area contributed by atoms with Crippen LogP contribution in [0.3, 0.4) is 0 Å². The van der Waals surface area contributed by atoms with Crippen molar-refractivity contribution in [2.24, 2.45) is 0 Å². The van der Waals surface area contributed by atoms with Gasteiger partial charge >= 0.3 is 0 Å². The van der Waals surface area contributed by atoms with Crippen LogP contribution in [-0.4, -0.2) is 37.8 Å². The van der Waals surface area contributed by atoms with E-state index >= 15 is 0 Å². The smallest absolute Gasteiger partial charge is 0.257 e. The van der Waals surface area contributed by atoms with Crippen molar-refractivity contribution in [3.05, 3.63) is 70.7 Å². The molecule has 1 aromatic heterocycles. The van der Waals surface area contributed by atoms with Crippen molar-refractivity contribution >= 4 is 34.5 Å². The van der Waals surface area contributed by atoms with Crippen molar-refractivity contribution in [3.63, 3.8) is 0 Å². The standard InChI is InChI=1S/C23H24N2O4S/c1-16(15-27-2)29-20-13-17(8-9-18-6-4-5-7-21(18)28-3)12-19(14-20)22(26)25-23-24-10-11-30-23/h4-14,16H,15H2,1-3H3,(H,24,25,26)/b9-8+/t16-/m0/s1. The van der Waals surface area contributed by atoms with Crippen LogP contribution in [0.1, 0.15) is 28.4 Å². The highest BCUT2D eigenvalue weighted by Crippen LogP contribution is 2.24. The van der Waals surface area contributed by atoms with E-state index in [1.807, 2.05) is 60.9 Å². The second-order valence-corrected chi connectivity index (χ2v) is 7.44. The third-order valence-corrected chi connectivity index (χ3v) is 4.87. The van der Waals surface area contributed by atoms with E-state index in [-0.39, 0.29) is 12.0 Å². The zero-order valence-corrected chi connectivity index (χ0v) is 17.9. The first kappa shape index (κ1) is 21.5. The Labute approximate surface area is 180 Å². The predicted molar refractivity (Wildman–Crippen MR) is 120 cm³/mol. The van der Waals surface area contributed by atoms with Gasteiger partial charge in [-0.2, -0.15) is 0 Å². The zero-order valence-electron chi connectivity index (χ0n) is 17.1. The fraction of sp³-hybridized carbons (Fsp3) is 0.217. The molecule has 0 unspecified atom stereocenters. The summed E-state index contributed by atoms with van der Waals surface area (Å²) in [6, 6.07) is 13.1. The Morgan fingerprint density at radius 2 is 2.03 bits per heavy atom. The maximum absolute atomic E-state index is 12.7. The number of carbonyl (C=O) groups is 1. The van der Waals surface area contributed by atoms with Crippen LogP contribution in [0.25, 0.3) is 12.2 Å². The average molecular weight is 425 g/mol. The Morgan fingerprint density at radius 3 is 2.77 bits per heavy atom. The van der Waals surface area contributed by atoms with Crippen molar-refractivity contribution < 1.29 is 19.0 Å². The van der Waals surface area contributed by atoms with Crippen LogP contribution in [0.5, 0.6) is 11.5 Å². The fourth-order valence-corrected chi connectivity index (χ4v) is 3.39. The number of amides is 1. The van der Waals surface area contributed by atoms with E-state index in [0.717, 1.165) is 16.9 Å². The number of rotatable bonds is 9. The molecule has 0 aliphatic rings. The molecule has 3 aromatic rings. The van der Waals surface area contributed by atoms with E-state index < -0.39 is 0 Å². The minimum absolute atomic E-state index is 0.154. The molecule has 0 aliphatic carbocycles. The number of anilines is 1. The Hall–Kier alpha value is -3.16. The molecular formula is C23H24N2O4S. The first-order chi connectivity index (χ1) is 14.6. The summed E-state index contributed by atoms with van der Waals surface area (Å²) >= 11 is 1.36. The number of methoxy groups -OCH3 is 2. The highest BCUT2D eigenvalue weighted by molar-refractivity contribution is 7.13. The van der Waals surface area contributed by atoms with Crippen molar-refractivity contribution in [2.45, 2.75) is 13.0 Å². The number of nitrogens with one attached hydrogen (secondary N) is 1. The summed E-state index contributed by atoms with van der Waals surface area (Å²) in [6.45, 7) is 2.36. The fourth-order valence-electron chi connectivity index (χ4n) is 2.86. The Kier molecular flexibility index (Phi) is 7.59. The number of nitrogens with zero attached hydrogens (tertiary/aromatic N) is 1. The van der Waals surface area contributed by atoms with E-state index in [0.29, 0.717) is 23.1 Å². The van der Waals surface area contributed by atoms with Gasteiger partial charge in [-0.3, -0.25) is 10.1 Å². The van der Waals surface area contributed by atoms with Crippen molar-refractivity contribution in [3.8, 4) is 11.5 Å². The topological polar surface area (TPSA) is 69.7 Å². The van der Waals surface area contributed by atoms with E-state index in [9.17, 15) is 4.79 Å². The lowest BCUT2D eigenvalue weighted by Gasteiger charge is -2.15. The van der Waals surface area contributed by atoms with Gasteiger partial charge in [0.05, 0.1) is 13.7 Å². The summed E-state index contributed by atoms with van der Waals surface area (Å²) in [5.74, 6) is 1.12. The average Bonchev–Trinajstić information content (AvgIpc) is 3.25. The molecule has 0 saturated heterocycles. The van der Waals surface area contributed by atoms with Gasteiger partial charge in [-0.1, -0.05) is 30.4 Å². The molecule has 6 nitrogen and oxygen atoms in total. The maximum atomic E-state index is 12.7. The summed E-state index contributed by atoms with van der Waals surface area (Å²) in [5.41, 5.74) is 2.24. The third-order valence-electron chi connectivity index (χ3n) is 4.18. The number of benzene rings is 2. The largest absolute Gasteiger partial charge is 0.496 e. The second kappa shape index (κ2) is 10.6. The highest BCUT2D eigenvalue weighted by atomic mass is 32.1. The summed E-state index contributed by atoms with van der Waals surface area (Å²) in [4.78, 5) is 16.8. The monoisotopic (exact) mass is 424 g/mol. The third kappa shape index (κ3) is 5.92. The molecule has 7 heteroatoms. The summed E-state index contributed by atoms with van der Waals surface area (Å²) in [7, 11) is 3.26. The van der Waals surface area contributed by atoms with Crippen LogP contribution >= 0.6 is 11.3 Å². The molecule has 1 amide bonds. The molecular weight excluding hydrogens is 400 g/mol. The van der Waals surface area contributed by atoms with E-state index in [1.165, 1.54) is 11.3 Å². The van der Waals surface area contributed by atoms with Crippen LogP contribution in [-0.2, 0) is 4.74 Å². The molecule has 1 heterocycles. The number of ether oxygens (including phenoxy) is 3. The molecule has 30 heavy (non-hydrogen) atoms. The number of carbonyl (C=O) groups excluding carboxylic acids is 1. The van der Waals surface area contributed by atoms with E-state index in [2.05, 4.69) is 10.3 Å². The maximum Gasteiger partial charge on any atom is 0.257 e. The second-order valence-electron chi connectivity index (χ2n) is 6.54. The lowest BCUT2D eigenvalue weighted by molar-refractivity contribution is 0.0917. The number of hydrogen-bond acceptors (Lipinski definition) is 6. The molecule has 0 spiro atoms. The van der Waals surface area contributed by atoms with Gasteiger partial charge in [-0.05, 0) is 36.8 Å². The summed E-state index contributed by atoms with van der Waals surface area (Å²) in [5, 5.41) is 5.16. The van der Waals surface area contributed by atoms with Crippen LogP contribution < -0.4 is 14.8 Å². The molecule has 156 valence electrons. The molecule has 2 aromatic carbocycles. The molecule has 0 fully saturated rings. The van der Waals surface area contributed by atoms with Gasteiger partial charge in [-0.25, -0.2) is 4.98 Å². The Bertz CT molecular complexity index is 1000. The number of hydrogen-bond donors (Lipinski definition) is 1. The molecule has 1 N–H and O–H groups in total. The quantitative estimate of drug-likeness (QED) is 0.490. The van der Waals surface area contributed by atoms with Gasteiger partial charge in [0, 0.05) is 29.8 Å². The minimum Gasteiger partial charge on any atom is -0.496 e. The summed E-state index contributed by atoms with van der Waals surface area (Å²) < 4.78 is 16.5. The van der Waals surface area contributed by atoms with Gasteiger partial charge in [0.2, 0.25) is 0 Å². The van der Waals surface area contributed by atoms with Crippen LogP contribution in [0, 0.1) is 0 Å². The van der Waals surface area contributed by atoms with Crippen molar-refractivity contribution in [1.29, 1.82) is 0 Å². The minimum atomic E-state index is -0.248. The normalized spacial score (nSPS) is 12.0. The molecule has 0 radical (unpaired) electrons. The Balaban J connectivity index is 1.90. The van der Waals surface area contributed by atoms with Gasteiger partial charge in [0.1, 0.15) is 17.6 Å². The summed E-state index contributed by atoms with van der Waals surface area (Å²) in [6.07, 6.45) is 5.36. The Morgan fingerprint density at radius 1 is 1.20 bits per heavy atom. The van der Waals surface area contributed by atoms with Crippen molar-refractivity contribution in [1.82, 2.24) is 4.98 Å². The molecule has 0 saturated carbocycles. The van der Waals surface area contributed by atoms with Gasteiger partial charge in [0.25, 0.3) is 5.91 Å². The van der Waals surface area contributed by atoms with E-state index in [4.69, 9.17) is 14.2 Å². The number of para-hydroxylation sites is 1. The van der Waals surface area contributed by atoms with Gasteiger partial charge < -0.3 is 14.2 Å². The van der Waals surface area contributed by atoms with Gasteiger partial charge in [-0.15, -0.1) is 11.3 Å². The lowest BCUT2D eigenvalue weighted by Crippen LogP contribution is -2.18. The predicted octanol–water partition coefficient (Wildman–Crippen LogP) is 4.99. The zero-order chi connectivity index (χ0) is 21.3. The van der Waals surface area contributed by atoms with E-state index in [1.54, 1.807) is 26.5 Å². The molecule has 3 rings (SSSR count). The molecule has 0 aliphatic heterocycles. The lowest BCUT2D eigenvalue weighted by atomic mass is 10.1. The number of aromatic nitrogens is 1. The van der Waals surface area contributed by atoms with Crippen LogP contribution in [0.2, 0.25) is 0 Å². The SMILES string of the molecule is COC[C@H](C)Oc1cc(/C=C/c2ccccc2OC)cc(C(=O)Nc2nccs2)c1. The first-order valence-corrected chi connectivity index (χ1v) is 10.3. The highest BCUT2D eigenvalue weighted by Gasteiger charge is 2.12. The van der Waals surface area contributed by atoms with Crippen LogP contribution in [0.15, 0.2) is 54.0 Å². The van der Waals surface area contributed by atoms with Crippen molar-refractivity contribution in [2.75, 3.05) is 26.1 Å². The first-order valence-electron chi connectivity index (χ1n) is 9.41. The van der Waals surface area contributed by atoms with Gasteiger partial charge in [0.15, 0.2) is 5.13 Å². The number of thiazole rings is 1. The van der Waals surface area contributed by atoms with Crippen LogP contribution in [0.4, 0.5) is 5.13 Å². The molecule has 0 bridgehead atoms. The molecule has 1 atom stereocenters.